The van der Waals surface area contributed by atoms with Crippen LogP contribution >= 0.6 is 0 Å². The van der Waals surface area contributed by atoms with Gasteiger partial charge in [0.25, 0.3) is 0 Å². The van der Waals surface area contributed by atoms with Crippen LogP contribution < -0.4 is 0 Å². The van der Waals surface area contributed by atoms with Gasteiger partial charge in [-0.3, -0.25) is 4.79 Å². The van der Waals surface area contributed by atoms with Gasteiger partial charge in [-0.1, -0.05) is 13.8 Å². The van der Waals surface area contributed by atoms with E-state index in [0.29, 0.717) is 12.5 Å². The maximum Gasteiger partial charge on any atom is 0.306 e. The van der Waals surface area contributed by atoms with Gasteiger partial charge < -0.3 is 9.47 Å². The van der Waals surface area contributed by atoms with Crippen molar-refractivity contribution in [3.63, 3.8) is 0 Å². The molecule has 0 bridgehead atoms. The second-order valence-electron chi connectivity index (χ2n) is 4.10. The Morgan fingerprint density at radius 1 is 1.47 bits per heavy atom. The van der Waals surface area contributed by atoms with Gasteiger partial charge in [-0.25, -0.2) is 0 Å². The summed E-state index contributed by atoms with van der Waals surface area (Å²) in [5.74, 6) is -0.0702. The molecule has 0 N–H and O–H groups in total. The molecule has 88 valence electrons. The quantitative estimate of drug-likeness (QED) is 0.638. The summed E-state index contributed by atoms with van der Waals surface area (Å²) >= 11 is 0. The summed E-state index contributed by atoms with van der Waals surface area (Å²) in [6, 6.07) is 0. The average molecular weight is 214 g/mol. The molecule has 0 saturated carbocycles. The Balaban J connectivity index is 2.11. The molecule has 1 aliphatic rings. The summed E-state index contributed by atoms with van der Waals surface area (Å²) in [5, 5.41) is 0. The molecule has 3 heteroatoms. The van der Waals surface area contributed by atoms with Crippen LogP contribution in [0.3, 0.4) is 0 Å². The van der Waals surface area contributed by atoms with Crippen LogP contribution in [0.5, 0.6) is 0 Å². The van der Waals surface area contributed by atoms with Crippen LogP contribution in [-0.4, -0.2) is 24.8 Å². The molecule has 1 aliphatic heterocycles. The first-order valence-corrected chi connectivity index (χ1v) is 6.07. The molecule has 1 saturated heterocycles. The zero-order valence-electron chi connectivity index (χ0n) is 9.83. The monoisotopic (exact) mass is 214 g/mol. The third kappa shape index (κ3) is 4.65. The molecule has 15 heavy (non-hydrogen) atoms. The van der Waals surface area contributed by atoms with E-state index in [2.05, 4.69) is 0 Å². The summed E-state index contributed by atoms with van der Waals surface area (Å²) in [5.41, 5.74) is 0. The highest BCUT2D eigenvalue weighted by Crippen LogP contribution is 2.17. The van der Waals surface area contributed by atoms with Crippen LogP contribution in [0.1, 0.15) is 52.4 Å². The first-order chi connectivity index (χ1) is 7.26. The van der Waals surface area contributed by atoms with Gasteiger partial charge in [0.1, 0.15) is 6.10 Å². The zero-order valence-corrected chi connectivity index (χ0v) is 9.83. The van der Waals surface area contributed by atoms with Gasteiger partial charge in [0, 0.05) is 13.0 Å². The molecule has 0 radical (unpaired) electrons. The minimum absolute atomic E-state index is 0.0702. The molecule has 1 heterocycles. The number of carbonyl (C=O) groups is 1. The summed E-state index contributed by atoms with van der Waals surface area (Å²) in [6.45, 7) is 4.94. The number of hydrogen-bond acceptors (Lipinski definition) is 3. The second kappa shape index (κ2) is 6.83. The average Bonchev–Trinajstić information content (AvgIpc) is 2.75. The highest BCUT2D eigenvalue weighted by Gasteiger charge is 2.18. The Morgan fingerprint density at radius 3 is 2.73 bits per heavy atom. The van der Waals surface area contributed by atoms with Crippen LogP contribution in [0.2, 0.25) is 0 Å². The van der Waals surface area contributed by atoms with Crippen molar-refractivity contribution >= 4 is 5.97 Å². The van der Waals surface area contributed by atoms with E-state index in [1.165, 1.54) is 0 Å². The third-order valence-corrected chi connectivity index (χ3v) is 2.90. The standard InChI is InChI=1S/C12H22O3/c1-3-10(4-2)15-12(13)8-7-11-6-5-9-14-11/h10-11H,3-9H2,1-2H3. The lowest BCUT2D eigenvalue weighted by atomic mass is 10.1. The molecule has 0 aliphatic carbocycles. The fraction of sp³-hybridized carbons (Fsp3) is 0.917. The summed E-state index contributed by atoms with van der Waals surface area (Å²) in [4.78, 5) is 11.5. The van der Waals surface area contributed by atoms with Crippen LogP contribution in [0.15, 0.2) is 0 Å². The summed E-state index contributed by atoms with van der Waals surface area (Å²) in [7, 11) is 0. The molecule has 0 aromatic rings. The van der Waals surface area contributed by atoms with E-state index < -0.39 is 0 Å². The number of rotatable bonds is 6. The highest BCUT2D eigenvalue weighted by atomic mass is 16.5. The molecule has 0 amide bonds. The SMILES string of the molecule is CCC(CC)OC(=O)CCC1CCCO1. The smallest absolute Gasteiger partial charge is 0.306 e. The lowest BCUT2D eigenvalue weighted by Gasteiger charge is -2.14. The topological polar surface area (TPSA) is 35.5 Å². The fourth-order valence-corrected chi connectivity index (χ4v) is 1.85. The van der Waals surface area contributed by atoms with E-state index in [-0.39, 0.29) is 12.1 Å². The van der Waals surface area contributed by atoms with Crippen molar-refractivity contribution in [2.75, 3.05) is 6.61 Å². The minimum atomic E-state index is -0.0702. The van der Waals surface area contributed by atoms with Crippen LogP contribution in [0.25, 0.3) is 0 Å². The molecule has 0 spiro atoms. The van der Waals surface area contributed by atoms with Gasteiger partial charge in [-0.2, -0.15) is 0 Å². The normalized spacial score (nSPS) is 20.9. The van der Waals surface area contributed by atoms with Crippen molar-refractivity contribution in [2.24, 2.45) is 0 Å². The number of ether oxygens (including phenoxy) is 2. The maximum absolute atomic E-state index is 11.5. The molecule has 1 rings (SSSR count). The Labute approximate surface area is 92.1 Å². The summed E-state index contributed by atoms with van der Waals surface area (Å²) < 4.78 is 10.8. The van der Waals surface area contributed by atoms with E-state index in [0.717, 1.165) is 38.7 Å². The third-order valence-electron chi connectivity index (χ3n) is 2.90. The Hall–Kier alpha value is -0.570. The Kier molecular flexibility index (Phi) is 5.69. The predicted molar refractivity (Wildman–Crippen MR) is 58.7 cm³/mol. The zero-order chi connectivity index (χ0) is 11.1. The molecular formula is C12H22O3. The van der Waals surface area contributed by atoms with Crippen molar-refractivity contribution in [3.05, 3.63) is 0 Å². The van der Waals surface area contributed by atoms with E-state index in [9.17, 15) is 4.79 Å². The van der Waals surface area contributed by atoms with E-state index in [4.69, 9.17) is 9.47 Å². The maximum atomic E-state index is 11.5. The highest BCUT2D eigenvalue weighted by molar-refractivity contribution is 5.69. The second-order valence-corrected chi connectivity index (χ2v) is 4.10. The minimum Gasteiger partial charge on any atom is -0.462 e. The molecule has 1 atom stereocenters. The van der Waals surface area contributed by atoms with E-state index in [1.807, 2.05) is 13.8 Å². The molecule has 1 unspecified atom stereocenters. The van der Waals surface area contributed by atoms with Crippen molar-refractivity contribution in [3.8, 4) is 0 Å². The van der Waals surface area contributed by atoms with Gasteiger partial charge >= 0.3 is 5.97 Å². The summed E-state index contributed by atoms with van der Waals surface area (Å²) in [6.07, 6.45) is 5.75. The fourth-order valence-electron chi connectivity index (χ4n) is 1.85. The first-order valence-electron chi connectivity index (χ1n) is 6.07. The van der Waals surface area contributed by atoms with Gasteiger partial charge in [-0.15, -0.1) is 0 Å². The van der Waals surface area contributed by atoms with Gasteiger partial charge in [0.2, 0.25) is 0 Å². The Morgan fingerprint density at radius 2 is 2.20 bits per heavy atom. The first kappa shape index (κ1) is 12.5. The van der Waals surface area contributed by atoms with Gasteiger partial charge in [-0.05, 0) is 32.1 Å². The van der Waals surface area contributed by atoms with Crippen LogP contribution in [0.4, 0.5) is 0 Å². The molecular weight excluding hydrogens is 192 g/mol. The van der Waals surface area contributed by atoms with Crippen molar-refractivity contribution < 1.29 is 14.3 Å². The van der Waals surface area contributed by atoms with Crippen LogP contribution in [0, 0.1) is 0 Å². The molecule has 3 nitrogen and oxygen atoms in total. The lowest BCUT2D eigenvalue weighted by Crippen LogP contribution is -2.18. The molecule has 0 aromatic carbocycles. The lowest BCUT2D eigenvalue weighted by molar-refractivity contribution is -0.150. The van der Waals surface area contributed by atoms with E-state index in [1.54, 1.807) is 0 Å². The number of esters is 1. The van der Waals surface area contributed by atoms with E-state index >= 15 is 0 Å². The van der Waals surface area contributed by atoms with Crippen molar-refractivity contribution in [2.45, 2.75) is 64.6 Å². The predicted octanol–water partition coefficient (Wildman–Crippen LogP) is 2.68. The van der Waals surface area contributed by atoms with Crippen molar-refractivity contribution in [1.29, 1.82) is 0 Å². The number of hydrogen-bond donors (Lipinski definition) is 0. The largest absolute Gasteiger partial charge is 0.462 e. The Bertz CT molecular complexity index is 181. The number of carbonyl (C=O) groups excluding carboxylic acids is 1. The van der Waals surface area contributed by atoms with Crippen LogP contribution in [-0.2, 0) is 14.3 Å². The van der Waals surface area contributed by atoms with Crippen molar-refractivity contribution in [1.82, 2.24) is 0 Å². The van der Waals surface area contributed by atoms with Gasteiger partial charge in [0.05, 0.1) is 6.10 Å². The molecule has 1 fully saturated rings. The molecule has 0 aromatic heterocycles. The van der Waals surface area contributed by atoms with Gasteiger partial charge in [0.15, 0.2) is 0 Å².